The molecule has 0 atom stereocenters. The second-order valence-corrected chi connectivity index (χ2v) is 12.3. The fourth-order valence-corrected chi connectivity index (χ4v) is 7.74. The van der Waals surface area contributed by atoms with E-state index >= 15 is 0 Å². The number of nitrogens with one attached hydrogen (secondary N) is 1. The van der Waals surface area contributed by atoms with Gasteiger partial charge in [0.15, 0.2) is 0 Å². The fourth-order valence-electron chi connectivity index (χ4n) is 6.50. The summed E-state index contributed by atoms with van der Waals surface area (Å²) in [7, 11) is 1.50. The molecule has 1 aromatic heterocycles. The Balaban J connectivity index is 0.00000161. The average molecular weight is 585 g/mol. The minimum absolute atomic E-state index is 0.550. The third-order valence-electron chi connectivity index (χ3n) is 8.66. The van der Waals surface area contributed by atoms with E-state index in [1.54, 1.807) is 0 Å². The van der Waals surface area contributed by atoms with E-state index in [0.29, 0.717) is 6.04 Å². The number of hydrogen-bond acceptors (Lipinski definition) is 4. The molecule has 1 aliphatic carbocycles. The van der Waals surface area contributed by atoms with Crippen molar-refractivity contribution in [1.82, 2.24) is 8.87 Å². The number of nitrogens with two attached hydrogens (primary N) is 1. The zero-order valence-electron chi connectivity index (χ0n) is 24.9. The van der Waals surface area contributed by atoms with Gasteiger partial charge < -0.3 is 15.7 Å². The first-order valence-electron chi connectivity index (χ1n) is 15.4. The van der Waals surface area contributed by atoms with Crippen molar-refractivity contribution in [2.45, 2.75) is 56.3 Å². The summed E-state index contributed by atoms with van der Waals surface area (Å²) in [4.78, 5) is 0. The van der Waals surface area contributed by atoms with E-state index in [0.717, 1.165) is 18.7 Å². The van der Waals surface area contributed by atoms with E-state index in [9.17, 15) is 0 Å². The second kappa shape index (κ2) is 13.6. The summed E-state index contributed by atoms with van der Waals surface area (Å²) in [5.74, 6) is 0. The predicted molar refractivity (Wildman–Crippen MR) is 185 cm³/mol. The molecule has 0 saturated heterocycles. The number of nitrogens with zero attached hydrogens (tertiary/aromatic N) is 2. The molecule has 6 aromatic rings. The summed E-state index contributed by atoms with van der Waals surface area (Å²) in [6, 6.07) is 40.2. The van der Waals surface area contributed by atoms with Gasteiger partial charge in [-0.25, -0.2) is 4.31 Å². The van der Waals surface area contributed by atoms with Crippen LogP contribution in [0, 0.1) is 5.41 Å². The molecular weight excluding hydrogens is 545 g/mol. The molecule has 43 heavy (non-hydrogen) atoms. The standard InChI is InChI=1S/C37H35N3S.CH5N/c38-24-27-20-21-30-23-37(39(36(30)22-27)25-31-14-8-12-28-10-4-6-18-34(28)31)41-40(33-16-2-1-3-17-33)26-32-15-9-13-29-11-5-7-19-35(29)32;1-2/h4-15,18-24,33,38H,1-3,16-17,25-26H2;2H2,1H3. The smallest absolute Gasteiger partial charge is 0.0917 e. The van der Waals surface area contributed by atoms with Crippen LogP contribution in [-0.4, -0.2) is 28.2 Å². The first-order valence-corrected chi connectivity index (χ1v) is 16.1. The molecular formula is C38H40N4S. The molecule has 0 unspecified atom stereocenters. The number of aromatic nitrogens is 1. The van der Waals surface area contributed by atoms with Crippen molar-refractivity contribution in [2.24, 2.45) is 5.73 Å². The van der Waals surface area contributed by atoms with Gasteiger partial charge in [0.2, 0.25) is 0 Å². The van der Waals surface area contributed by atoms with Gasteiger partial charge in [-0.1, -0.05) is 116 Å². The molecule has 5 heteroatoms. The van der Waals surface area contributed by atoms with Crippen molar-refractivity contribution in [2.75, 3.05) is 7.05 Å². The molecule has 0 bridgehead atoms. The Labute approximate surface area is 259 Å². The van der Waals surface area contributed by atoms with Crippen LogP contribution in [0.5, 0.6) is 0 Å². The molecule has 0 amide bonds. The van der Waals surface area contributed by atoms with Crippen molar-refractivity contribution < 1.29 is 0 Å². The van der Waals surface area contributed by atoms with Crippen molar-refractivity contribution in [1.29, 1.82) is 5.41 Å². The van der Waals surface area contributed by atoms with Crippen LogP contribution in [0.2, 0.25) is 0 Å². The van der Waals surface area contributed by atoms with Crippen LogP contribution in [0.1, 0.15) is 48.8 Å². The van der Waals surface area contributed by atoms with Gasteiger partial charge in [-0.05, 0) is 82.2 Å². The predicted octanol–water partition coefficient (Wildman–Crippen LogP) is 9.41. The van der Waals surface area contributed by atoms with E-state index in [1.165, 1.54) is 94.0 Å². The SMILES string of the molecule is CN.N=Cc1ccc2cc(SN(Cc3cccc4ccccc34)C3CCCCC3)n(Cc3cccc4ccccc34)c2c1. The zero-order valence-corrected chi connectivity index (χ0v) is 25.7. The first kappa shape index (κ1) is 29.2. The van der Waals surface area contributed by atoms with Crippen molar-refractivity contribution in [3.05, 3.63) is 126 Å². The van der Waals surface area contributed by atoms with Gasteiger partial charge in [0.25, 0.3) is 0 Å². The molecule has 7 rings (SSSR count). The summed E-state index contributed by atoms with van der Waals surface area (Å²) in [5.41, 5.74) is 9.34. The van der Waals surface area contributed by atoms with Crippen LogP contribution in [-0.2, 0) is 13.1 Å². The maximum absolute atomic E-state index is 7.92. The summed E-state index contributed by atoms with van der Waals surface area (Å²) in [6.45, 7) is 1.71. The molecule has 1 saturated carbocycles. The van der Waals surface area contributed by atoms with Crippen LogP contribution in [0.4, 0.5) is 0 Å². The van der Waals surface area contributed by atoms with Gasteiger partial charge in [0.05, 0.1) is 5.03 Å². The van der Waals surface area contributed by atoms with Crippen LogP contribution >= 0.6 is 11.9 Å². The minimum atomic E-state index is 0.550. The summed E-state index contributed by atoms with van der Waals surface area (Å²) in [5, 5.41) is 15.6. The number of benzene rings is 5. The molecule has 5 aromatic carbocycles. The van der Waals surface area contributed by atoms with Crippen LogP contribution in [0.25, 0.3) is 32.4 Å². The Morgan fingerprint density at radius 1 is 0.744 bits per heavy atom. The highest BCUT2D eigenvalue weighted by Gasteiger charge is 2.25. The highest BCUT2D eigenvalue weighted by molar-refractivity contribution is 7.97. The van der Waals surface area contributed by atoms with Gasteiger partial charge in [-0.15, -0.1) is 0 Å². The number of hydrogen-bond donors (Lipinski definition) is 2. The third-order valence-corrected chi connectivity index (χ3v) is 9.85. The number of fused-ring (bicyclic) bond motifs is 3. The van der Waals surface area contributed by atoms with Crippen molar-refractivity contribution in [3.8, 4) is 0 Å². The van der Waals surface area contributed by atoms with Crippen LogP contribution in [0.15, 0.2) is 114 Å². The van der Waals surface area contributed by atoms with Gasteiger partial charge in [-0.3, -0.25) is 0 Å². The van der Waals surface area contributed by atoms with Gasteiger partial charge in [0.1, 0.15) is 0 Å². The molecule has 1 heterocycles. The van der Waals surface area contributed by atoms with Crippen molar-refractivity contribution in [3.63, 3.8) is 0 Å². The molecule has 0 aliphatic heterocycles. The highest BCUT2D eigenvalue weighted by Crippen LogP contribution is 2.38. The summed E-state index contributed by atoms with van der Waals surface area (Å²) < 4.78 is 5.15. The quantitative estimate of drug-likeness (QED) is 0.138. The van der Waals surface area contributed by atoms with E-state index in [1.807, 2.05) is 11.9 Å². The topological polar surface area (TPSA) is 58.0 Å². The molecule has 0 radical (unpaired) electrons. The van der Waals surface area contributed by atoms with E-state index in [4.69, 9.17) is 5.41 Å². The van der Waals surface area contributed by atoms with Crippen LogP contribution in [0.3, 0.4) is 0 Å². The average Bonchev–Trinajstić information content (AvgIpc) is 3.41. The Morgan fingerprint density at radius 2 is 1.37 bits per heavy atom. The Hall–Kier alpha value is -3.90. The van der Waals surface area contributed by atoms with E-state index in [-0.39, 0.29) is 0 Å². The summed E-state index contributed by atoms with van der Waals surface area (Å²) >= 11 is 1.93. The third kappa shape index (κ3) is 6.25. The zero-order chi connectivity index (χ0) is 29.6. The van der Waals surface area contributed by atoms with E-state index in [2.05, 4.69) is 124 Å². The minimum Gasteiger partial charge on any atom is -0.333 e. The van der Waals surface area contributed by atoms with Crippen molar-refractivity contribution >= 4 is 50.6 Å². The molecule has 218 valence electrons. The highest BCUT2D eigenvalue weighted by atomic mass is 32.2. The van der Waals surface area contributed by atoms with Gasteiger partial charge in [-0.2, -0.15) is 0 Å². The monoisotopic (exact) mass is 584 g/mol. The summed E-state index contributed by atoms with van der Waals surface area (Å²) in [6.07, 6.45) is 7.91. The maximum Gasteiger partial charge on any atom is 0.0917 e. The lowest BCUT2D eigenvalue weighted by Crippen LogP contribution is -2.31. The fraction of sp³-hybridized carbons (Fsp3) is 0.237. The Kier molecular flexibility index (Phi) is 9.23. The maximum atomic E-state index is 7.92. The lowest BCUT2D eigenvalue weighted by molar-refractivity contribution is 0.267. The lowest BCUT2D eigenvalue weighted by atomic mass is 9.95. The first-order chi connectivity index (χ1) is 21.3. The number of rotatable bonds is 8. The molecule has 3 N–H and O–H groups in total. The molecule has 1 aliphatic rings. The van der Waals surface area contributed by atoms with E-state index < -0.39 is 0 Å². The normalized spacial score (nSPS) is 13.8. The molecule has 4 nitrogen and oxygen atoms in total. The Morgan fingerprint density at radius 3 is 2.07 bits per heavy atom. The molecule has 1 fully saturated rings. The lowest BCUT2D eigenvalue weighted by Gasteiger charge is -2.33. The molecule has 0 spiro atoms. The van der Waals surface area contributed by atoms with Crippen LogP contribution < -0.4 is 5.73 Å². The second-order valence-electron chi connectivity index (χ2n) is 11.3. The Bertz CT molecular complexity index is 1840. The van der Waals surface area contributed by atoms with Gasteiger partial charge in [0, 0.05) is 36.2 Å². The largest absolute Gasteiger partial charge is 0.333 e. The van der Waals surface area contributed by atoms with Gasteiger partial charge >= 0.3 is 0 Å².